The SMILES string of the molecule is Cc1cc(C)cc(OCc2csc(C(=O)Nc3ccc(CN4CCCCC4)cc3)c2)c1. The minimum atomic E-state index is -0.0774. The van der Waals surface area contributed by atoms with Crippen LogP contribution in [0.5, 0.6) is 5.75 Å². The maximum Gasteiger partial charge on any atom is 0.265 e. The van der Waals surface area contributed by atoms with Crippen molar-refractivity contribution in [3.8, 4) is 5.75 Å². The monoisotopic (exact) mass is 434 g/mol. The molecular formula is C26H30N2O2S. The second-order valence-corrected chi connectivity index (χ2v) is 9.33. The van der Waals surface area contributed by atoms with E-state index in [2.05, 4.69) is 42.3 Å². The molecule has 0 bridgehead atoms. The molecule has 2 aromatic carbocycles. The molecule has 0 saturated carbocycles. The quantitative estimate of drug-likeness (QED) is 0.483. The van der Waals surface area contributed by atoms with E-state index in [4.69, 9.17) is 4.74 Å². The van der Waals surface area contributed by atoms with Crippen molar-refractivity contribution in [3.63, 3.8) is 0 Å². The summed E-state index contributed by atoms with van der Waals surface area (Å²) in [5.74, 6) is 0.783. The Morgan fingerprint density at radius 2 is 1.68 bits per heavy atom. The smallest absolute Gasteiger partial charge is 0.265 e. The van der Waals surface area contributed by atoms with Gasteiger partial charge in [-0.1, -0.05) is 24.6 Å². The van der Waals surface area contributed by atoms with E-state index in [1.807, 2.05) is 35.7 Å². The number of amides is 1. The number of carbonyl (C=O) groups is 1. The zero-order valence-electron chi connectivity index (χ0n) is 18.3. The number of likely N-dealkylation sites (tertiary alicyclic amines) is 1. The maximum atomic E-state index is 12.6. The van der Waals surface area contributed by atoms with Crippen molar-refractivity contribution in [2.45, 2.75) is 46.3 Å². The molecule has 0 radical (unpaired) electrons. The Hall–Kier alpha value is -2.63. The minimum Gasteiger partial charge on any atom is -0.489 e. The van der Waals surface area contributed by atoms with E-state index in [1.165, 1.54) is 60.4 Å². The Morgan fingerprint density at radius 1 is 0.968 bits per heavy atom. The molecule has 1 aromatic heterocycles. The largest absolute Gasteiger partial charge is 0.489 e. The van der Waals surface area contributed by atoms with Crippen LogP contribution in [-0.2, 0) is 13.2 Å². The molecule has 0 aliphatic carbocycles. The van der Waals surface area contributed by atoms with Gasteiger partial charge in [-0.25, -0.2) is 0 Å². The maximum absolute atomic E-state index is 12.6. The highest BCUT2D eigenvalue weighted by atomic mass is 32.1. The normalized spacial score (nSPS) is 14.4. The van der Waals surface area contributed by atoms with Gasteiger partial charge in [0.05, 0.1) is 4.88 Å². The molecule has 1 aliphatic heterocycles. The Bertz CT molecular complexity index is 1000. The van der Waals surface area contributed by atoms with E-state index in [-0.39, 0.29) is 5.91 Å². The number of benzene rings is 2. The first kappa shape index (κ1) is 21.6. The summed E-state index contributed by atoms with van der Waals surface area (Å²) >= 11 is 1.45. The number of ether oxygens (including phenoxy) is 1. The van der Waals surface area contributed by atoms with E-state index < -0.39 is 0 Å². The third-order valence-corrected chi connectivity index (χ3v) is 6.52. The number of aryl methyl sites for hydroxylation is 2. The summed E-state index contributed by atoms with van der Waals surface area (Å²) in [5.41, 5.74) is 5.49. The Balaban J connectivity index is 1.30. The van der Waals surface area contributed by atoms with Crippen LogP contribution in [0.4, 0.5) is 5.69 Å². The zero-order chi connectivity index (χ0) is 21.6. The fraction of sp³-hybridized carbons (Fsp3) is 0.346. The molecule has 31 heavy (non-hydrogen) atoms. The molecule has 1 N–H and O–H groups in total. The fourth-order valence-electron chi connectivity index (χ4n) is 4.02. The molecular weight excluding hydrogens is 404 g/mol. The van der Waals surface area contributed by atoms with E-state index in [0.717, 1.165) is 23.5 Å². The van der Waals surface area contributed by atoms with Crippen LogP contribution in [-0.4, -0.2) is 23.9 Å². The summed E-state index contributed by atoms with van der Waals surface area (Å²) in [7, 11) is 0. The van der Waals surface area contributed by atoms with Crippen LogP contribution in [0, 0.1) is 13.8 Å². The molecule has 5 heteroatoms. The number of hydrogen-bond donors (Lipinski definition) is 1. The Labute approximate surface area is 188 Å². The molecule has 0 unspecified atom stereocenters. The zero-order valence-corrected chi connectivity index (χ0v) is 19.1. The van der Waals surface area contributed by atoms with Crippen LogP contribution in [0.1, 0.15) is 51.2 Å². The predicted molar refractivity (Wildman–Crippen MR) is 128 cm³/mol. The van der Waals surface area contributed by atoms with Crippen molar-refractivity contribution in [2.24, 2.45) is 0 Å². The summed E-state index contributed by atoms with van der Waals surface area (Å²) in [5, 5.41) is 4.99. The average Bonchev–Trinajstić information content (AvgIpc) is 3.23. The van der Waals surface area contributed by atoms with Crippen molar-refractivity contribution in [1.29, 1.82) is 0 Å². The predicted octanol–water partition coefficient (Wildman–Crippen LogP) is 6.18. The van der Waals surface area contributed by atoms with Gasteiger partial charge >= 0.3 is 0 Å². The molecule has 4 nitrogen and oxygen atoms in total. The van der Waals surface area contributed by atoms with Crippen LogP contribution in [0.15, 0.2) is 53.9 Å². The molecule has 1 amide bonds. The van der Waals surface area contributed by atoms with E-state index in [9.17, 15) is 4.79 Å². The van der Waals surface area contributed by atoms with Gasteiger partial charge in [-0.15, -0.1) is 11.3 Å². The molecule has 2 heterocycles. The van der Waals surface area contributed by atoms with Crippen molar-refractivity contribution >= 4 is 22.9 Å². The van der Waals surface area contributed by atoms with Gasteiger partial charge in [0.2, 0.25) is 0 Å². The van der Waals surface area contributed by atoms with Crippen molar-refractivity contribution in [1.82, 2.24) is 4.90 Å². The lowest BCUT2D eigenvalue weighted by Gasteiger charge is -2.26. The fourth-order valence-corrected chi connectivity index (χ4v) is 4.81. The van der Waals surface area contributed by atoms with Crippen LogP contribution in [0.25, 0.3) is 0 Å². The lowest BCUT2D eigenvalue weighted by Crippen LogP contribution is -2.29. The van der Waals surface area contributed by atoms with Gasteiger partial charge in [0.25, 0.3) is 5.91 Å². The van der Waals surface area contributed by atoms with Crippen molar-refractivity contribution in [2.75, 3.05) is 18.4 Å². The van der Waals surface area contributed by atoms with Gasteiger partial charge < -0.3 is 10.1 Å². The number of nitrogens with one attached hydrogen (secondary N) is 1. The molecule has 0 atom stereocenters. The second kappa shape index (κ2) is 10.1. The van der Waals surface area contributed by atoms with Crippen LogP contribution in [0.2, 0.25) is 0 Å². The third kappa shape index (κ3) is 6.18. The molecule has 3 aromatic rings. The first-order valence-corrected chi connectivity index (χ1v) is 11.8. The summed E-state index contributed by atoms with van der Waals surface area (Å²) in [6, 6.07) is 16.3. The lowest BCUT2D eigenvalue weighted by molar-refractivity contribution is 0.103. The van der Waals surface area contributed by atoms with Gasteiger partial charge in [0.1, 0.15) is 12.4 Å². The first-order valence-electron chi connectivity index (χ1n) is 11.0. The highest BCUT2D eigenvalue weighted by Gasteiger charge is 2.12. The highest BCUT2D eigenvalue weighted by Crippen LogP contribution is 2.22. The first-order chi connectivity index (χ1) is 15.0. The number of nitrogens with zero attached hydrogens (tertiary/aromatic N) is 1. The topological polar surface area (TPSA) is 41.6 Å². The summed E-state index contributed by atoms with van der Waals surface area (Å²) in [6.07, 6.45) is 3.95. The second-order valence-electron chi connectivity index (χ2n) is 8.42. The van der Waals surface area contributed by atoms with E-state index in [0.29, 0.717) is 11.5 Å². The Morgan fingerprint density at radius 3 is 2.39 bits per heavy atom. The minimum absolute atomic E-state index is 0.0774. The standard InChI is InChI=1S/C26H30N2O2S/c1-19-12-20(2)14-24(13-19)30-17-22-15-25(31-18-22)26(29)27-23-8-6-21(7-9-23)16-28-10-4-3-5-11-28/h6-9,12-15,18H,3-5,10-11,16-17H2,1-2H3,(H,27,29). The summed E-state index contributed by atoms with van der Waals surface area (Å²) in [6.45, 7) is 7.94. The summed E-state index contributed by atoms with van der Waals surface area (Å²) < 4.78 is 5.91. The molecule has 162 valence electrons. The van der Waals surface area contributed by atoms with Crippen molar-refractivity contribution < 1.29 is 9.53 Å². The Kier molecular flexibility index (Phi) is 7.05. The molecule has 4 rings (SSSR count). The van der Waals surface area contributed by atoms with Crippen LogP contribution >= 0.6 is 11.3 Å². The van der Waals surface area contributed by atoms with Gasteiger partial charge in [-0.3, -0.25) is 9.69 Å². The average molecular weight is 435 g/mol. The molecule has 1 aliphatic rings. The van der Waals surface area contributed by atoms with Crippen LogP contribution < -0.4 is 10.1 Å². The number of anilines is 1. The van der Waals surface area contributed by atoms with Gasteiger partial charge in [-0.2, -0.15) is 0 Å². The van der Waals surface area contributed by atoms with Crippen molar-refractivity contribution in [3.05, 3.63) is 81.0 Å². The number of hydrogen-bond acceptors (Lipinski definition) is 4. The number of thiophene rings is 1. The lowest BCUT2D eigenvalue weighted by atomic mass is 10.1. The number of rotatable bonds is 7. The van der Waals surface area contributed by atoms with Gasteiger partial charge in [0, 0.05) is 17.8 Å². The summed E-state index contributed by atoms with van der Waals surface area (Å²) in [4.78, 5) is 15.8. The highest BCUT2D eigenvalue weighted by molar-refractivity contribution is 7.12. The number of piperidine rings is 1. The third-order valence-electron chi connectivity index (χ3n) is 5.54. The van der Waals surface area contributed by atoms with E-state index >= 15 is 0 Å². The van der Waals surface area contributed by atoms with E-state index in [1.54, 1.807) is 0 Å². The van der Waals surface area contributed by atoms with Crippen LogP contribution in [0.3, 0.4) is 0 Å². The molecule has 1 saturated heterocycles. The molecule has 0 spiro atoms. The number of carbonyl (C=O) groups excluding carboxylic acids is 1. The van der Waals surface area contributed by atoms with Gasteiger partial charge in [0.15, 0.2) is 0 Å². The molecule has 1 fully saturated rings. The van der Waals surface area contributed by atoms with Gasteiger partial charge in [-0.05, 0) is 92.2 Å².